The third-order valence-electron chi connectivity index (χ3n) is 4.78. The lowest BCUT2D eigenvalue weighted by molar-refractivity contribution is -0.121. The second-order valence-electron chi connectivity index (χ2n) is 6.81. The molecule has 3 N–H and O–H groups in total. The number of rotatable bonds is 9. The number of hydrogen-bond acceptors (Lipinski definition) is 4. The van der Waals surface area contributed by atoms with Gasteiger partial charge in [-0.15, -0.1) is 0 Å². The Bertz CT molecular complexity index is 574. The van der Waals surface area contributed by atoms with Crippen LogP contribution in [0.1, 0.15) is 55.8 Å². The molecule has 0 spiro atoms. The van der Waals surface area contributed by atoms with Crippen molar-refractivity contribution in [3.8, 4) is 5.75 Å². The Kier molecular flexibility index (Phi) is 8.41. The number of aliphatic hydroxyl groups is 1. The van der Waals surface area contributed by atoms with Crippen molar-refractivity contribution in [2.75, 3.05) is 19.8 Å². The standard InChI is InChI=1S/C20H30N2O4/c1-2-3-12-26-17-10-8-15(9-11-17)20(25)21-13-19(24)22-18-7-5-4-6-16(18)14-23/h8-11,16,18,23H,2-7,12-14H2,1H3,(H,21,25)(H,22,24)/t16-,18-/m1/s1. The van der Waals surface area contributed by atoms with E-state index in [0.717, 1.165) is 44.3 Å². The van der Waals surface area contributed by atoms with E-state index in [1.54, 1.807) is 24.3 Å². The van der Waals surface area contributed by atoms with Gasteiger partial charge in [-0.1, -0.05) is 26.2 Å². The second kappa shape index (κ2) is 10.8. The number of amides is 2. The van der Waals surface area contributed by atoms with Gasteiger partial charge < -0.3 is 20.5 Å². The first-order valence-corrected chi connectivity index (χ1v) is 9.55. The van der Waals surface area contributed by atoms with Crippen molar-refractivity contribution in [1.29, 1.82) is 0 Å². The van der Waals surface area contributed by atoms with E-state index in [2.05, 4.69) is 17.6 Å². The molecule has 0 saturated heterocycles. The van der Waals surface area contributed by atoms with Crippen LogP contribution in [0.4, 0.5) is 0 Å². The van der Waals surface area contributed by atoms with E-state index in [1.807, 2.05) is 0 Å². The van der Waals surface area contributed by atoms with E-state index >= 15 is 0 Å². The Hall–Kier alpha value is -2.08. The van der Waals surface area contributed by atoms with Crippen LogP contribution in [0, 0.1) is 5.92 Å². The predicted molar refractivity (Wildman–Crippen MR) is 100 cm³/mol. The molecule has 0 radical (unpaired) electrons. The summed E-state index contributed by atoms with van der Waals surface area (Å²) < 4.78 is 5.57. The van der Waals surface area contributed by atoms with E-state index in [1.165, 1.54) is 0 Å². The van der Waals surface area contributed by atoms with Gasteiger partial charge in [0, 0.05) is 24.1 Å². The van der Waals surface area contributed by atoms with Crippen LogP contribution in [0.2, 0.25) is 0 Å². The molecule has 1 aromatic carbocycles. The number of benzene rings is 1. The van der Waals surface area contributed by atoms with Gasteiger partial charge in [-0.2, -0.15) is 0 Å². The lowest BCUT2D eigenvalue weighted by Gasteiger charge is -2.30. The Morgan fingerprint density at radius 3 is 2.62 bits per heavy atom. The molecule has 2 atom stereocenters. The summed E-state index contributed by atoms with van der Waals surface area (Å²) in [4.78, 5) is 24.2. The van der Waals surface area contributed by atoms with Crippen LogP contribution in [-0.2, 0) is 4.79 Å². The maximum atomic E-state index is 12.2. The highest BCUT2D eigenvalue weighted by Crippen LogP contribution is 2.23. The molecule has 26 heavy (non-hydrogen) atoms. The van der Waals surface area contributed by atoms with Gasteiger partial charge in [0.1, 0.15) is 5.75 Å². The summed E-state index contributed by atoms with van der Waals surface area (Å²) in [6.07, 6.45) is 6.02. The molecule has 1 saturated carbocycles. The normalized spacial score (nSPS) is 19.6. The lowest BCUT2D eigenvalue weighted by atomic mass is 9.85. The van der Waals surface area contributed by atoms with Gasteiger partial charge in [-0.3, -0.25) is 9.59 Å². The molecule has 2 rings (SSSR count). The highest BCUT2D eigenvalue weighted by Gasteiger charge is 2.25. The van der Waals surface area contributed by atoms with Gasteiger partial charge in [0.25, 0.3) is 5.91 Å². The molecule has 6 heteroatoms. The molecule has 0 aliphatic heterocycles. The van der Waals surface area contributed by atoms with Crippen LogP contribution in [0.5, 0.6) is 5.75 Å². The summed E-state index contributed by atoms with van der Waals surface area (Å²) in [5.41, 5.74) is 0.492. The van der Waals surface area contributed by atoms with Crippen molar-refractivity contribution in [1.82, 2.24) is 10.6 Å². The monoisotopic (exact) mass is 362 g/mol. The number of hydrogen-bond donors (Lipinski definition) is 3. The maximum absolute atomic E-state index is 12.2. The average molecular weight is 362 g/mol. The Morgan fingerprint density at radius 1 is 1.19 bits per heavy atom. The van der Waals surface area contributed by atoms with E-state index in [9.17, 15) is 14.7 Å². The summed E-state index contributed by atoms with van der Waals surface area (Å²) in [7, 11) is 0. The SMILES string of the molecule is CCCCOc1ccc(C(=O)NCC(=O)N[C@@H]2CCCC[C@@H]2CO)cc1. The number of carbonyl (C=O) groups excluding carboxylic acids is 2. The summed E-state index contributed by atoms with van der Waals surface area (Å²) in [5, 5.41) is 15.0. The van der Waals surface area contributed by atoms with Gasteiger partial charge in [-0.05, 0) is 43.5 Å². The minimum Gasteiger partial charge on any atom is -0.494 e. The third-order valence-corrected chi connectivity index (χ3v) is 4.78. The molecular weight excluding hydrogens is 332 g/mol. The molecule has 6 nitrogen and oxygen atoms in total. The quantitative estimate of drug-likeness (QED) is 0.588. The summed E-state index contributed by atoms with van der Waals surface area (Å²) in [5.74, 6) is 0.342. The van der Waals surface area contributed by atoms with E-state index in [0.29, 0.717) is 12.2 Å². The number of nitrogens with one attached hydrogen (secondary N) is 2. The average Bonchev–Trinajstić information content (AvgIpc) is 2.67. The number of aliphatic hydroxyl groups excluding tert-OH is 1. The summed E-state index contributed by atoms with van der Waals surface area (Å²) >= 11 is 0. The molecule has 1 fully saturated rings. The molecule has 1 aliphatic rings. The minimum atomic E-state index is -0.289. The number of carbonyl (C=O) groups is 2. The first-order chi connectivity index (χ1) is 12.6. The fourth-order valence-corrected chi connectivity index (χ4v) is 3.17. The molecule has 0 aromatic heterocycles. The highest BCUT2D eigenvalue weighted by atomic mass is 16.5. The van der Waals surface area contributed by atoms with Crippen molar-refractivity contribution >= 4 is 11.8 Å². The summed E-state index contributed by atoms with van der Waals surface area (Å²) in [6.45, 7) is 2.79. The zero-order valence-electron chi connectivity index (χ0n) is 15.5. The van der Waals surface area contributed by atoms with Crippen molar-refractivity contribution in [3.05, 3.63) is 29.8 Å². The molecule has 2 amide bonds. The van der Waals surface area contributed by atoms with Crippen molar-refractivity contribution < 1.29 is 19.4 Å². The van der Waals surface area contributed by atoms with E-state index < -0.39 is 0 Å². The van der Waals surface area contributed by atoms with Gasteiger partial charge in [0.2, 0.25) is 5.91 Å². The predicted octanol–water partition coefficient (Wildman–Crippen LogP) is 2.26. The van der Waals surface area contributed by atoms with Crippen LogP contribution >= 0.6 is 0 Å². The molecule has 1 aromatic rings. The van der Waals surface area contributed by atoms with Crippen molar-refractivity contribution in [2.24, 2.45) is 5.92 Å². The maximum Gasteiger partial charge on any atom is 0.251 e. The van der Waals surface area contributed by atoms with Crippen LogP contribution in [-0.4, -0.2) is 42.7 Å². The molecular formula is C20H30N2O4. The zero-order valence-corrected chi connectivity index (χ0v) is 15.5. The fraction of sp³-hybridized carbons (Fsp3) is 0.600. The Morgan fingerprint density at radius 2 is 1.92 bits per heavy atom. The second-order valence-corrected chi connectivity index (χ2v) is 6.81. The third kappa shape index (κ3) is 6.33. The number of ether oxygens (including phenoxy) is 1. The number of unbranched alkanes of at least 4 members (excludes halogenated alkanes) is 1. The molecule has 1 aliphatic carbocycles. The Labute approximate surface area is 155 Å². The molecule has 0 heterocycles. The largest absolute Gasteiger partial charge is 0.494 e. The van der Waals surface area contributed by atoms with Crippen molar-refractivity contribution in [2.45, 2.75) is 51.5 Å². The molecule has 0 unspecified atom stereocenters. The first kappa shape index (κ1) is 20.2. The fourth-order valence-electron chi connectivity index (χ4n) is 3.17. The van der Waals surface area contributed by atoms with E-state index in [4.69, 9.17) is 4.74 Å². The van der Waals surface area contributed by atoms with Gasteiger partial charge >= 0.3 is 0 Å². The van der Waals surface area contributed by atoms with Crippen LogP contribution in [0.25, 0.3) is 0 Å². The van der Waals surface area contributed by atoms with Crippen molar-refractivity contribution in [3.63, 3.8) is 0 Å². The Balaban J connectivity index is 1.75. The molecule has 144 valence electrons. The summed E-state index contributed by atoms with van der Waals surface area (Å²) in [6, 6.07) is 6.91. The highest BCUT2D eigenvalue weighted by molar-refractivity contribution is 5.96. The van der Waals surface area contributed by atoms with Crippen LogP contribution in [0.3, 0.4) is 0 Å². The lowest BCUT2D eigenvalue weighted by Crippen LogP contribution is -2.47. The first-order valence-electron chi connectivity index (χ1n) is 9.55. The topological polar surface area (TPSA) is 87.7 Å². The van der Waals surface area contributed by atoms with Crippen LogP contribution in [0.15, 0.2) is 24.3 Å². The van der Waals surface area contributed by atoms with E-state index in [-0.39, 0.29) is 36.9 Å². The molecule has 0 bridgehead atoms. The minimum absolute atomic E-state index is 0.00212. The van der Waals surface area contributed by atoms with Gasteiger partial charge in [0.05, 0.1) is 13.2 Å². The smallest absolute Gasteiger partial charge is 0.251 e. The van der Waals surface area contributed by atoms with Gasteiger partial charge in [0.15, 0.2) is 0 Å². The zero-order chi connectivity index (χ0) is 18.8. The van der Waals surface area contributed by atoms with Gasteiger partial charge in [-0.25, -0.2) is 0 Å². The van der Waals surface area contributed by atoms with Crippen LogP contribution < -0.4 is 15.4 Å².